The molecule has 0 heterocycles. The smallest absolute Gasteiger partial charge is 0.335 e. The minimum Gasteiger partial charge on any atom is -0.478 e. The van der Waals surface area contributed by atoms with Crippen LogP contribution in [0.15, 0.2) is 36.4 Å². The molecule has 0 spiro atoms. The first-order chi connectivity index (χ1) is 7.11. The Morgan fingerprint density at radius 1 is 1.33 bits per heavy atom. The van der Waals surface area contributed by atoms with E-state index in [1.54, 1.807) is 6.08 Å². The van der Waals surface area contributed by atoms with Crippen LogP contribution in [0, 0.1) is 5.92 Å². The van der Waals surface area contributed by atoms with Gasteiger partial charge in [0.2, 0.25) is 0 Å². The highest BCUT2D eigenvalue weighted by molar-refractivity contribution is 6.15. The summed E-state index contributed by atoms with van der Waals surface area (Å²) in [7, 11) is 0. The molecule has 0 fully saturated rings. The van der Waals surface area contributed by atoms with E-state index in [0.717, 1.165) is 12.0 Å². The summed E-state index contributed by atoms with van der Waals surface area (Å²) in [5.74, 6) is -0.384. The molecule has 80 valence electrons. The van der Waals surface area contributed by atoms with Crippen LogP contribution in [0.2, 0.25) is 0 Å². The molecule has 1 aromatic rings. The molecule has 0 radical (unpaired) electrons. The van der Waals surface area contributed by atoms with Crippen LogP contribution < -0.4 is 0 Å². The molecule has 2 heteroatoms. The van der Waals surface area contributed by atoms with Gasteiger partial charge in [-0.15, -0.1) is 0 Å². The Bertz CT molecular complexity index is 350. The third-order valence-corrected chi connectivity index (χ3v) is 2.11. The maximum absolute atomic E-state index is 11.0. The number of rotatable bonds is 4. The second-order valence-electron chi connectivity index (χ2n) is 3.92. The van der Waals surface area contributed by atoms with Crippen molar-refractivity contribution < 1.29 is 9.90 Å². The number of carboxylic acids is 1. The summed E-state index contributed by atoms with van der Waals surface area (Å²) in [6.07, 6.45) is 2.58. The molecule has 0 unspecified atom stereocenters. The lowest BCUT2D eigenvalue weighted by Crippen LogP contribution is -2.00. The van der Waals surface area contributed by atoms with Gasteiger partial charge in [0.15, 0.2) is 0 Å². The lowest BCUT2D eigenvalue weighted by Gasteiger charge is -2.04. The van der Waals surface area contributed by atoms with Crippen LogP contribution in [-0.2, 0) is 4.79 Å². The summed E-state index contributed by atoms with van der Waals surface area (Å²) in [5.41, 5.74) is 1.16. The average molecular weight is 204 g/mol. The molecule has 0 atom stereocenters. The molecule has 1 N–H and O–H groups in total. The maximum Gasteiger partial charge on any atom is 0.335 e. The van der Waals surface area contributed by atoms with Crippen molar-refractivity contribution in [3.05, 3.63) is 42.0 Å². The van der Waals surface area contributed by atoms with Crippen molar-refractivity contribution in [2.24, 2.45) is 5.92 Å². The number of hydrogen-bond donors (Lipinski definition) is 1. The quantitative estimate of drug-likeness (QED) is 0.765. The molecular weight excluding hydrogens is 188 g/mol. The van der Waals surface area contributed by atoms with E-state index in [4.69, 9.17) is 5.11 Å². The SMILES string of the molecule is CC(C)C/C=C(/C(=O)O)c1ccccc1. The minimum atomic E-state index is -0.859. The van der Waals surface area contributed by atoms with Gasteiger partial charge in [-0.2, -0.15) is 0 Å². The Kier molecular flexibility index (Phi) is 4.10. The zero-order chi connectivity index (χ0) is 11.3. The van der Waals surface area contributed by atoms with E-state index < -0.39 is 5.97 Å². The Labute approximate surface area is 90.3 Å². The average Bonchev–Trinajstić information content (AvgIpc) is 2.18. The molecule has 15 heavy (non-hydrogen) atoms. The van der Waals surface area contributed by atoms with Gasteiger partial charge >= 0.3 is 5.97 Å². The van der Waals surface area contributed by atoms with Crippen LogP contribution in [0.3, 0.4) is 0 Å². The Balaban J connectivity index is 2.94. The zero-order valence-electron chi connectivity index (χ0n) is 9.10. The van der Waals surface area contributed by atoms with Gasteiger partial charge < -0.3 is 5.11 Å². The second kappa shape index (κ2) is 5.35. The van der Waals surface area contributed by atoms with Crippen molar-refractivity contribution in [1.29, 1.82) is 0 Å². The predicted octanol–water partition coefficient (Wildman–Crippen LogP) is 3.20. The summed E-state index contributed by atoms with van der Waals surface area (Å²) in [4.78, 5) is 11.0. The summed E-state index contributed by atoms with van der Waals surface area (Å²) in [5, 5.41) is 9.07. The molecule has 0 aromatic heterocycles. The number of hydrogen-bond acceptors (Lipinski definition) is 1. The van der Waals surface area contributed by atoms with Crippen molar-refractivity contribution in [3.63, 3.8) is 0 Å². The van der Waals surface area contributed by atoms with Gasteiger partial charge in [-0.05, 0) is 17.9 Å². The maximum atomic E-state index is 11.0. The normalized spacial score (nSPS) is 11.8. The van der Waals surface area contributed by atoms with E-state index in [0.29, 0.717) is 11.5 Å². The molecule has 0 aliphatic carbocycles. The Hall–Kier alpha value is -1.57. The third kappa shape index (κ3) is 3.58. The molecule has 0 saturated carbocycles. The third-order valence-electron chi connectivity index (χ3n) is 2.11. The Morgan fingerprint density at radius 3 is 2.40 bits per heavy atom. The fourth-order valence-corrected chi connectivity index (χ4v) is 1.30. The number of carboxylic acid groups (broad SMARTS) is 1. The molecule has 0 amide bonds. The van der Waals surface area contributed by atoms with Crippen LogP contribution >= 0.6 is 0 Å². The summed E-state index contributed by atoms with van der Waals surface area (Å²) >= 11 is 0. The second-order valence-corrected chi connectivity index (χ2v) is 3.92. The van der Waals surface area contributed by atoms with Gasteiger partial charge in [0, 0.05) is 0 Å². The standard InChI is InChI=1S/C13H16O2/c1-10(2)8-9-12(13(14)15)11-6-4-3-5-7-11/h3-7,9-10H,8H2,1-2H3,(H,14,15)/b12-9+. The van der Waals surface area contributed by atoms with Gasteiger partial charge in [0.25, 0.3) is 0 Å². The van der Waals surface area contributed by atoms with Crippen molar-refractivity contribution in [3.8, 4) is 0 Å². The van der Waals surface area contributed by atoms with Crippen molar-refractivity contribution in [2.75, 3.05) is 0 Å². The first-order valence-electron chi connectivity index (χ1n) is 5.10. The van der Waals surface area contributed by atoms with E-state index >= 15 is 0 Å². The van der Waals surface area contributed by atoms with Gasteiger partial charge in [0.1, 0.15) is 0 Å². The van der Waals surface area contributed by atoms with Crippen LogP contribution in [0.5, 0.6) is 0 Å². The molecule has 1 aromatic carbocycles. The van der Waals surface area contributed by atoms with E-state index in [2.05, 4.69) is 13.8 Å². The van der Waals surface area contributed by atoms with Crippen LogP contribution in [0.4, 0.5) is 0 Å². The molecule has 0 bridgehead atoms. The molecule has 0 saturated heterocycles. The first-order valence-corrected chi connectivity index (χ1v) is 5.10. The topological polar surface area (TPSA) is 37.3 Å². The van der Waals surface area contributed by atoms with Gasteiger partial charge in [-0.3, -0.25) is 0 Å². The number of aliphatic carboxylic acids is 1. The van der Waals surface area contributed by atoms with E-state index in [9.17, 15) is 4.79 Å². The lowest BCUT2D eigenvalue weighted by atomic mass is 10.0. The highest BCUT2D eigenvalue weighted by Crippen LogP contribution is 2.16. The van der Waals surface area contributed by atoms with Crippen molar-refractivity contribution in [1.82, 2.24) is 0 Å². The van der Waals surface area contributed by atoms with Crippen LogP contribution in [-0.4, -0.2) is 11.1 Å². The summed E-state index contributed by atoms with van der Waals surface area (Å²) < 4.78 is 0. The highest BCUT2D eigenvalue weighted by atomic mass is 16.4. The van der Waals surface area contributed by atoms with Gasteiger partial charge in [-0.1, -0.05) is 50.3 Å². The summed E-state index contributed by atoms with van der Waals surface area (Å²) in [6, 6.07) is 9.22. The highest BCUT2D eigenvalue weighted by Gasteiger charge is 2.09. The number of allylic oxidation sites excluding steroid dienone is 1. The fourth-order valence-electron chi connectivity index (χ4n) is 1.30. The largest absolute Gasteiger partial charge is 0.478 e. The van der Waals surface area contributed by atoms with Crippen molar-refractivity contribution in [2.45, 2.75) is 20.3 Å². The lowest BCUT2D eigenvalue weighted by molar-refractivity contribution is -0.130. The van der Waals surface area contributed by atoms with Crippen molar-refractivity contribution >= 4 is 11.5 Å². The molecule has 0 aliphatic rings. The van der Waals surface area contributed by atoms with Crippen LogP contribution in [0.1, 0.15) is 25.8 Å². The molecule has 0 aliphatic heterocycles. The van der Waals surface area contributed by atoms with E-state index in [-0.39, 0.29) is 0 Å². The summed E-state index contributed by atoms with van der Waals surface area (Å²) in [6.45, 7) is 4.14. The van der Waals surface area contributed by atoms with Gasteiger partial charge in [0.05, 0.1) is 5.57 Å². The predicted molar refractivity (Wildman–Crippen MR) is 61.5 cm³/mol. The van der Waals surface area contributed by atoms with Crippen LogP contribution in [0.25, 0.3) is 5.57 Å². The van der Waals surface area contributed by atoms with E-state index in [1.807, 2.05) is 30.3 Å². The first kappa shape index (κ1) is 11.5. The minimum absolute atomic E-state index is 0.393. The molecule has 1 rings (SSSR count). The molecular formula is C13H16O2. The van der Waals surface area contributed by atoms with Gasteiger partial charge in [-0.25, -0.2) is 4.79 Å². The number of carbonyl (C=O) groups is 1. The fraction of sp³-hybridized carbons (Fsp3) is 0.308. The number of benzene rings is 1. The van der Waals surface area contributed by atoms with E-state index in [1.165, 1.54) is 0 Å². The zero-order valence-corrected chi connectivity index (χ0v) is 9.10. The Morgan fingerprint density at radius 2 is 1.93 bits per heavy atom. The monoisotopic (exact) mass is 204 g/mol. The molecule has 2 nitrogen and oxygen atoms in total.